The minimum absolute atomic E-state index is 0.734. The summed E-state index contributed by atoms with van der Waals surface area (Å²) in [4.78, 5) is 13.5. The molecule has 5 heteroatoms. The molecule has 0 unspecified atom stereocenters. The van der Waals surface area contributed by atoms with Crippen molar-refractivity contribution in [3.63, 3.8) is 0 Å². The molecule has 1 aromatic carbocycles. The molecule has 0 atom stereocenters. The Labute approximate surface area is 152 Å². The van der Waals surface area contributed by atoms with Gasteiger partial charge in [-0.1, -0.05) is 30.3 Å². The normalized spacial score (nSPS) is 10.8. The van der Waals surface area contributed by atoms with E-state index in [9.17, 15) is 5.26 Å². The second kappa shape index (κ2) is 7.62. The average molecular weight is 350 g/mol. The van der Waals surface area contributed by atoms with Gasteiger partial charge in [0, 0.05) is 19.5 Å². The van der Waals surface area contributed by atoms with Crippen LogP contribution < -0.4 is 4.90 Å². The van der Waals surface area contributed by atoms with Crippen LogP contribution >= 0.6 is 11.3 Å². The Bertz CT molecular complexity index is 905. The van der Waals surface area contributed by atoms with Crippen LogP contribution in [0.1, 0.15) is 35.7 Å². The number of hydrogen-bond donors (Lipinski definition) is 0. The van der Waals surface area contributed by atoms with Crippen molar-refractivity contribution in [2.75, 3.05) is 18.0 Å². The van der Waals surface area contributed by atoms with E-state index in [1.807, 2.05) is 13.0 Å². The smallest absolute Gasteiger partial charge is 0.141 e. The molecule has 3 aromatic rings. The molecule has 3 rings (SSSR count). The second-order valence-electron chi connectivity index (χ2n) is 5.97. The summed E-state index contributed by atoms with van der Waals surface area (Å²) in [6.45, 7) is 8.04. The molecule has 0 saturated carbocycles. The lowest BCUT2D eigenvalue weighted by atomic mass is 10.1. The average Bonchev–Trinajstić information content (AvgIpc) is 2.97. The van der Waals surface area contributed by atoms with E-state index in [0.717, 1.165) is 58.2 Å². The molecule has 0 amide bonds. The molecule has 0 spiro atoms. The third-order valence-corrected chi connectivity index (χ3v) is 5.55. The van der Waals surface area contributed by atoms with Crippen LogP contribution in [0.25, 0.3) is 10.2 Å². The number of nitrogens with zero attached hydrogens (tertiary/aromatic N) is 4. The summed E-state index contributed by atoms with van der Waals surface area (Å²) in [6.07, 6.45) is 1.71. The summed E-state index contributed by atoms with van der Waals surface area (Å²) in [7, 11) is 0. The minimum Gasteiger partial charge on any atom is -0.357 e. The lowest BCUT2D eigenvalue weighted by molar-refractivity contribution is 0.817. The zero-order valence-electron chi connectivity index (χ0n) is 14.9. The Balaban J connectivity index is 2.03. The molecule has 0 aliphatic rings. The number of rotatable bonds is 6. The van der Waals surface area contributed by atoms with Gasteiger partial charge in [0.15, 0.2) is 0 Å². The van der Waals surface area contributed by atoms with Gasteiger partial charge in [-0.15, -0.1) is 11.3 Å². The quantitative estimate of drug-likeness (QED) is 0.657. The van der Waals surface area contributed by atoms with Gasteiger partial charge >= 0.3 is 0 Å². The highest BCUT2D eigenvalue weighted by Crippen LogP contribution is 2.35. The highest BCUT2D eigenvalue weighted by atomic mass is 32.1. The molecule has 0 bridgehead atoms. The molecule has 0 aliphatic heterocycles. The first kappa shape index (κ1) is 17.4. The van der Waals surface area contributed by atoms with Crippen molar-refractivity contribution in [1.29, 1.82) is 5.26 Å². The second-order valence-corrected chi connectivity index (χ2v) is 6.97. The third kappa shape index (κ3) is 3.49. The van der Waals surface area contributed by atoms with Crippen LogP contribution in [0.15, 0.2) is 30.3 Å². The molecule has 0 radical (unpaired) electrons. The topological polar surface area (TPSA) is 52.8 Å². The lowest BCUT2D eigenvalue weighted by Gasteiger charge is -2.21. The van der Waals surface area contributed by atoms with Gasteiger partial charge < -0.3 is 4.90 Å². The molecule has 0 saturated heterocycles. The number of aryl methyl sites for hydroxylation is 3. The molecular formula is C20H22N4S. The maximum absolute atomic E-state index is 9.38. The zero-order chi connectivity index (χ0) is 17.8. The van der Waals surface area contributed by atoms with Crippen LogP contribution in [-0.2, 0) is 12.8 Å². The van der Waals surface area contributed by atoms with Crippen molar-refractivity contribution in [2.45, 2.75) is 33.6 Å². The highest BCUT2D eigenvalue weighted by molar-refractivity contribution is 7.19. The van der Waals surface area contributed by atoms with Crippen molar-refractivity contribution in [3.05, 3.63) is 52.2 Å². The number of anilines is 1. The first-order chi connectivity index (χ1) is 12.2. The van der Waals surface area contributed by atoms with Gasteiger partial charge in [-0.05, 0) is 38.3 Å². The summed E-state index contributed by atoms with van der Waals surface area (Å²) in [5.74, 6) is 1.82. The largest absolute Gasteiger partial charge is 0.357 e. The Hall–Kier alpha value is -2.45. The van der Waals surface area contributed by atoms with Gasteiger partial charge in [-0.2, -0.15) is 5.26 Å². The first-order valence-electron chi connectivity index (χ1n) is 8.66. The molecule has 0 N–H and O–H groups in total. The maximum Gasteiger partial charge on any atom is 0.141 e. The van der Waals surface area contributed by atoms with E-state index in [1.54, 1.807) is 0 Å². The van der Waals surface area contributed by atoms with E-state index >= 15 is 0 Å². The summed E-state index contributed by atoms with van der Waals surface area (Å²) in [5, 5.41) is 10.4. The zero-order valence-corrected chi connectivity index (χ0v) is 15.7. The van der Waals surface area contributed by atoms with Gasteiger partial charge in [0.05, 0.1) is 5.39 Å². The fraction of sp³-hybridized carbons (Fsp3) is 0.350. The fourth-order valence-electron chi connectivity index (χ4n) is 3.03. The van der Waals surface area contributed by atoms with E-state index in [4.69, 9.17) is 9.97 Å². The van der Waals surface area contributed by atoms with Gasteiger partial charge in [0.1, 0.15) is 27.4 Å². The molecule has 0 aliphatic carbocycles. The molecule has 0 fully saturated rings. The minimum atomic E-state index is 0.734. The van der Waals surface area contributed by atoms with Gasteiger partial charge in [0.2, 0.25) is 0 Å². The molecule has 4 nitrogen and oxygen atoms in total. The Morgan fingerprint density at radius 1 is 1.08 bits per heavy atom. The summed E-state index contributed by atoms with van der Waals surface area (Å²) < 4.78 is 0. The first-order valence-corrected chi connectivity index (χ1v) is 9.48. The highest BCUT2D eigenvalue weighted by Gasteiger charge is 2.19. The van der Waals surface area contributed by atoms with Crippen LogP contribution in [0, 0.1) is 18.3 Å². The van der Waals surface area contributed by atoms with E-state index in [-0.39, 0.29) is 0 Å². The summed E-state index contributed by atoms with van der Waals surface area (Å²) >= 11 is 1.47. The van der Waals surface area contributed by atoms with E-state index in [1.165, 1.54) is 16.9 Å². The van der Waals surface area contributed by atoms with E-state index in [2.05, 4.69) is 49.1 Å². The fourth-order valence-corrected chi connectivity index (χ4v) is 4.02. The van der Waals surface area contributed by atoms with Crippen LogP contribution in [-0.4, -0.2) is 23.1 Å². The van der Waals surface area contributed by atoms with Crippen molar-refractivity contribution in [1.82, 2.24) is 9.97 Å². The number of fused-ring (bicyclic) bond motifs is 1. The lowest BCUT2D eigenvalue weighted by Crippen LogP contribution is -2.24. The molecule has 25 heavy (non-hydrogen) atoms. The Morgan fingerprint density at radius 3 is 2.44 bits per heavy atom. The van der Waals surface area contributed by atoms with Gasteiger partial charge in [-0.25, -0.2) is 9.97 Å². The maximum atomic E-state index is 9.38. The summed E-state index contributed by atoms with van der Waals surface area (Å²) in [5.41, 5.74) is 2.29. The van der Waals surface area contributed by atoms with Crippen LogP contribution in [0.4, 0.5) is 5.82 Å². The van der Waals surface area contributed by atoms with Crippen molar-refractivity contribution in [3.8, 4) is 6.07 Å². The van der Waals surface area contributed by atoms with Crippen LogP contribution in [0.2, 0.25) is 0 Å². The van der Waals surface area contributed by atoms with Crippen molar-refractivity contribution < 1.29 is 0 Å². The summed E-state index contributed by atoms with van der Waals surface area (Å²) in [6, 6.07) is 12.7. The van der Waals surface area contributed by atoms with E-state index in [0.29, 0.717) is 0 Å². The molecule has 128 valence electrons. The Morgan fingerprint density at radius 2 is 1.80 bits per heavy atom. The number of nitriles is 1. The van der Waals surface area contributed by atoms with Gasteiger partial charge in [0.25, 0.3) is 0 Å². The van der Waals surface area contributed by atoms with Crippen LogP contribution in [0.5, 0.6) is 0 Å². The molecule has 2 aromatic heterocycles. The molecule has 2 heterocycles. The van der Waals surface area contributed by atoms with E-state index < -0.39 is 0 Å². The number of hydrogen-bond acceptors (Lipinski definition) is 5. The third-order valence-electron chi connectivity index (χ3n) is 4.46. The monoisotopic (exact) mass is 350 g/mol. The van der Waals surface area contributed by atoms with Crippen molar-refractivity contribution >= 4 is 27.4 Å². The molecular weight excluding hydrogens is 328 g/mol. The van der Waals surface area contributed by atoms with Gasteiger partial charge in [-0.3, -0.25) is 0 Å². The number of benzene rings is 1. The number of thiophene rings is 1. The predicted molar refractivity (Wildman–Crippen MR) is 104 cm³/mol. The van der Waals surface area contributed by atoms with Crippen molar-refractivity contribution in [2.24, 2.45) is 0 Å². The number of aromatic nitrogens is 2. The predicted octanol–water partition coefficient (Wildman–Crippen LogP) is 4.50. The standard InChI is InChI=1S/C20H22N4S/c1-4-24(5-2)19-18-14(3)16(13-21)25-20(18)23-17(22-19)12-11-15-9-7-6-8-10-15/h6-10H,4-5,11-12H2,1-3H3. The van der Waals surface area contributed by atoms with Crippen LogP contribution in [0.3, 0.4) is 0 Å². The SMILES string of the molecule is CCN(CC)c1nc(CCc2ccccc2)nc2sc(C#N)c(C)c12. The Kier molecular flexibility index (Phi) is 5.30.